The van der Waals surface area contributed by atoms with Gasteiger partial charge in [0.15, 0.2) is 5.69 Å². The highest BCUT2D eigenvalue weighted by molar-refractivity contribution is 5.95. The maximum absolute atomic E-state index is 12.9. The van der Waals surface area contributed by atoms with Crippen molar-refractivity contribution in [3.63, 3.8) is 0 Å². The summed E-state index contributed by atoms with van der Waals surface area (Å²) in [6, 6.07) is 5.48. The third-order valence-corrected chi connectivity index (χ3v) is 3.87. The van der Waals surface area contributed by atoms with Crippen LogP contribution >= 0.6 is 0 Å². The van der Waals surface area contributed by atoms with E-state index in [0.717, 1.165) is 18.4 Å². The second-order valence-corrected chi connectivity index (χ2v) is 5.74. The number of hydrogen-bond acceptors (Lipinski definition) is 4. The molecule has 1 saturated heterocycles. The van der Waals surface area contributed by atoms with Crippen LogP contribution in [0.4, 0.5) is 4.39 Å². The van der Waals surface area contributed by atoms with Gasteiger partial charge in [-0.25, -0.2) is 9.07 Å². The summed E-state index contributed by atoms with van der Waals surface area (Å²) in [6.45, 7) is 1.02. The van der Waals surface area contributed by atoms with E-state index in [-0.39, 0.29) is 17.4 Å². The summed E-state index contributed by atoms with van der Waals surface area (Å²) in [5, 5.41) is 13.2. The van der Waals surface area contributed by atoms with Gasteiger partial charge in [-0.3, -0.25) is 9.59 Å². The lowest BCUT2D eigenvalue weighted by Crippen LogP contribution is -2.45. The molecule has 1 aliphatic heterocycles. The molecule has 8 heteroatoms. The van der Waals surface area contributed by atoms with E-state index < -0.39 is 11.9 Å². The standard InChI is InChI=1S/C16H18FN5O2/c17-12-6-4-11(5-7-12)9-22-10-14(20-21-22)16(24)19-13-3-1-2-8-18-15(13)23/h4-7,10,13H,1-3,8-9H2,(H,18,23)(H,19,24)/t13-/m0/s1. The largest absolute Gasteiger partial charge is 0.354 e. The molecule has 0 saturated carbocycles. The quantitative estimate of drug-likeness (QED) is 0.870. The minimum Gasteiger partial charge on any atom is -0.354 e. The number of benzene rings is 1. The molecule has 126 valence electrons. The Morgan fingerprint density at radius 2 is 2.12 bits per heavy atom. The number of aromatic nitrogens is 3. The molecule has 7 nitrogen and oxygen atoms in total. The summed E-state index contributed by atoms with van der Waals surface area (Å²) in [4.78, 5) is 24.1. The molecule has 24 heavy (non-hydrogen) atoms. The Labute approximate surface area is 138 Å². The van der Waals surface area contributed by atoms with Crippen molar-refractivity contribution in [1.29, 1.82) is 0 Å². The van der Waals surface area contributed by atoms with Gasteiger partial charge in [0.25, 0.3) is 5.91 Å². The van der Waals surface area contributed by atoms with Crippen molar-refractivity contribution < 1.29 is 14.0 Å². The molecular weight excluding hydrogens is 313 g/mol. The van der Waals surface area contributed by atoms with E-state index >= 15 is 0 Å². The van der Waals surface area contributed by atoms with Crippen molar-refractivity contribution in [2.75, 3.05) is 6.54 Å². The summed E-state index contributed by atoms with van der Waals surface area (Å²) in [5.41, 5.74) is 0.991. The zero-order valence-corrected chi connectivity index (χ0v) is 13.0. The van der Waals surface area contributed by atoms with Crippen LogP contribution in [0.25, 0.3) is 0 Å². The van der Waals surface area contributed by atoms with Gasteiger partial charge in [0.2, 0.25) is 5.91 Å². The van der Waals surface area contributed by atoms with Gasteiger partial charge in [0.1, 0.15) is 11.9 Å². The van der Waals surface area contributed by atoms with Crippen molar-refractivity contribution in [3.8, 4) is 0 Å². The van der Waals surface area contributed by atoms with Crippen LogP contribution in [-0.2, 0) is 11.3 Å². The molecule has 0 aliphatic carbocycles. The Morgan fingerprint density at radius 1 is 1.33 bits per heavy atom. The minimum atomic E-state index is -0.540. The van der Waals surface area contributed by atoms with E-state index in [4.69, 9.17) is 0 Å². The van der Waals surface area contributed by atoms with E-state index in [9.17, 15) is 14.0 Å². The molecule has 1 fully saturated rings. The lowest BCUT2D eigenvalue weighted by Gasteiger charge is -2.13. The number of nitrogens with zero attached hydrogens (tertiary/aromatic N) is 3. The van der Waals surface area contributed by atoms with Gasteiger partial charge < -0.3 is 10.6 Å². The molecule has 0 radical (unpaired) electrons. The number of carbonyl (C=O) groups is 2. The fourth-order valence-electron chi connectivity index (χ4n) is 2.57. The number of amides is 2. The SMILES string of the molecule is O=C(N[C@H]1CCCCNC1=O)c1cn(Cc2ccc(F)cc2)nn1. The van der Waals surface area contributed by atoms with Crippen LogP contribution in [0.1, 0.15) is 35.3 Å². The first-order valence-electron chi connectivity index (χ1n) is 7.85. The highest BCUT2D eigenvalue weighted by Gasteiger charge is 2.24. The fourth-order valence-corrected chi connectivity index (χ4v) is 2.57. The van der Waals surface area contributed by atoms with Gasteiger partial charge in [-0.15, -0.1) is 5.10 Å². The third-order valence-electron chi connectivity index (χ3n) is 3.87. The highest BCUT2D eigenvalue weighted by atomic mass is 19.1. The third kappa shape index (κ3) is 3.95. The van der Waals surface area contributed by atoms with Crippen LogP contribution in [-0.4, -0.2) is 39.4 Å². The van der Waals surface area contributed by atoms with Crippen LogP contribution in [0.5, 0.6) is 0 Å². The molecule has 2 aromatic rings. The lowest BCUT2D eigenvalue weighted by molar-refractivity contribution is -0.122. The van der Waals surface area contributed by atoms with Crippen LogP contribution in [0.15, 0.2) is 30.5 Å². The van der Waals surface area contributed by atoms with Crippen molar-refractivity contribution in [2.24, 2.45) is 0 Å². The number of nitrogens with one attached hydrogen (secondary N) is 2. The molecule has 2 N–H and O–H groups in total. The predicted molar refractivity (Wildman–Crippen MR) is 83.6 cm³/mol. The van der Waals surface area contributed by atoms with Crippen LogP contribution < -0.4 is 10.6 Å². The van der Waals surface area contributed by atoms with Gasteiger partial charge in [-0.2, -0.15) is 0 Å². The Kier molecular flexibility index (Phi) is 4.83. The Morgan fingerprint density at radius 3 is 2.92 bits per heavy atom. The smallest absolute Gasteiger partial charge is 0.274 e. The highest BCUT2D eigenvalue weighted by Crippen LogP contribution is 2.07. The first-order valence-corrected chi connectivity index (χ1v) is 7.85. The van der Waals surface area contributed by atoms with Crippen molar-refractivity contribution >= 4 is 11.8 Å². The van der Waals surface area contributed by atoms with Crippen molar-refractivity contribution in [3.05, 3.63) is 47.5 Å². The number of hydrogen-bond donors (Lipinski definition) is 2. The molecule has 0 spiro atoms. The predicted octanol–water partition coefficient (Wildman–Crippen LogP) is 0.864. The minimum absolute atomic E-state index is 0.147. The summed E-state index contributed by atoms with van der Waals surface area (Å²) in [6.07, 6.45) is 3.90. The van der Waals surface area contributed by atoms with E-state index in [1.165, 1.54) is 23.0 Å². The Bertz CT molecular complexity index is 728. The molecule has 0 unspecified atom stereocenters. The number of halogens is 1. The zero-order valence-electron chi connectivity index (χ0n) is 13.0. The first kappa shape index (κ1) is 16.1. The molecule has 1 aromatic heterocycles. The van der Waals surface area contributed by atoms with E-state index in [2.05, 4.69) is 20.9 Å². The average molecular weight is 331 g/mol. The molecule has 0 bridgehead atoms. The van der Waals surface area contributed by atoms with Gasteiger partial charge in [-0.1, -0.05) is 17.3 Å². The van der Waals surface area contributed by atoms with Crippen molar-refractivity contribution in [1.82, 2.24) is 25.6 Å². The summed E-state index contributed by atoms with van der Waals surface area (Å²) < 4.78 is 14.4. The summed E-state index contributed by atoms with van der Waals surface area (Å²) >= 11 is 0. The van der Waals surface area contributed by atoms with Crippen LogP contribution in [0, 0.1) is 5.82 Å². The van der Waals surface area contributed by atoms with E-state index in [0.29, 0.717) is 19.5 Å². The molecule has 3 rings (SSSR count). The number of rotatable bonds is 4. The molecule has 1 atom stereocenters. The molecule has 2 amide bonds. The zero-order chi connectivity index (χ0) is 16.9. The normalized spacial score (nSPS) is 17.9. The van der Waals surface area contributed by atoms with Crippen molar-refractivity contribution in [2.45, 2.75) is 31.8 Å². The van der Waals surface area contributed by atoms with E-state index in [1.807, 2.05) is 0 Å². The second-order valence-electron chi connectivity index (χ2n) is 5.74. The average Bonchev–Trinajstić information content (AvgIpc) is 2.94. The number of carbonyl (C=O) groups excluding carboxylic acids is 2. The molecular formula is C16H18FN5O2. The molecule has 1 aromatic carbocycles. The van der Waals surface area contributed by atoms with E-state index in [1.54, 1.807) is 12.1 Å². The summed E-state index contributed by atoms with van der Waals surface area (Å²) in [5.74, 6) is -0.902. The topological polar surface area (TPSA) is 88.9 Å². The second kappa shape index (κ2) is 7.20. The van der Waals surface area contributed by atoms with Gasteiger partial charge >= 0.3 is 0 Å². The lowest BCUT2D eigenvalue weighted by atomic mass is 10.1. The maximum Gasteiger partial charge on any atom is 0.274 e. The maximum atomic E-state index is 12.9. The Balaban J connectivity index is 1.62. The molecule has 1 aliphatic rings. The summed E-state index contributed by atoms with van der Waals surface area (Å²) in [7, 11) is 0. The Hall–Kier alpha value is -2.77. The van der Waals surface area contributed by atoms with Crippen LogP contribution in [0.3, 0.4) is 0 Å². The van der Waals surface area contributed by atoms with Gasteiger partial charge in [0.05, 0.1) is 12.7 Å². The van der Waals surface area contributed by atoms with Gasteiger partial charge in [0, 0.05) is 6.54 Å². The fraction of sp³-hybridized carbons (Fsp3) is 0.375. The molecule has 2 heterocycles. The first-order chi connectivity index (χ1) is 11.6. The van der Waals surface area contributed by atoms with Gasteiger partial charge in [-0.05, 0) is 37.0 Å². The van der Waals surface area contributed by atoms with Crippen LogP contribution in [0.2, 0.25) is 0 Å². The monoisotopic (exact) mass is 331 g/mol.